The number of hydrogen-bond acceptors (Lipinski definition) is 6. The minimum Gasteiger partial charge on any atom is -0.266 e. The summed E-state index contributed by atoms with van der Waals surface area (Å²) >= 11 is 0. The first-order valence-electron chi connectivity index (χ1n) is 14.2. The summed E-state index contributed by atoms with van der Waals surface area (Å²) in [6.07, 6.45) is 1.59. The predicted octanol–water partition coefficient (Wildman–Crippen LogP) is 7.01. The summed E-state index contributed by atoms with van der Waals surface area (Å²) < 4.78 is 64.6. The lowest BCUT2D eigenvalue weighted by Gasteiger charge is -2.43. The van der Waals surface area contributed by atoms with E-state index in [1.807, 2.05) is 74.5 Å². The molecule has 1 aliphatic carbocycles. The van der Waals surface area contributed by atoms with Crippen molar-refractivity contribution in [2.24, 2.45) is 11.8 Å². The second-order valence-corrected chi connectivity index (χ2v) is 14.3. The Morgan fingerprint density at radius 1 is 0.524 bits per heavy atom. The first kappa shape index (κ1) is 30.2. The lowest BCUT2D eigenvalue weighted by molar-refractivity contribution is 0.0751. The number of hydrogen-bond donors (Lipinski definition) is 0. The molecule has 0 radical (unpaired) electrons. The molecule has 0 bridgehead atoms. The summed E-state index contributed by atoms with van der Waals surface area (Å²) in [6, 6.07) is 33.0. The van der Waals surface area contributed by atoms with E-state index < -0.39 is 20.2 Å². The predicted molar refractivity (Wildman–Crippen MR) is 163 cm³/mol. The van der Waals surface area contributed by atoms with E-state index in [1.165, 1.54) is 0 Å². The maximum absolute atomic E-state index is 13.3. The third-order valence-electron chi connectivity index (χ3n) is 8.28. The van der Waals surface area contributed by atoms with Gasteiger partial charge in [-0.05, 0) is 85.8 Å². The van der Waals surface area contributed by atoms with E-state index in [2.05, 4.69) is 0 Å². The van der Waals surface area contributed by atoms with Crippen molar-refractivity contribution >= 4 is 20.2 Å². The normalized spacial score (nSPS) is 21.2. The average molecular weight is 605 g/mol. The largest absolute Gasteiger partial charge is 0.296 e. The fourth-order valence-corrected chi connectivity index (χ4v) is 7.86. The quantitative estimate of drug-likeness (QED) is 0.181. The van der Waals surface area contributed by atoms with Crippen molar-refractivity contribution in [2.75, 3.05) is 13.2 Å². The van der Waals surface area contributed by atoms with Gasteiger partial charge in [-0.15, -0.1) is 0 Å². The van der Waals surface area contributed by atoms with Crippen LogP contribution in [-0.4, -0.2) is 30.0 Å². The highest BCUT2D eigenvalue weighted by Crippen LogP contribution is 2.49. The van der Waals surface area contributed by atoms with Crippen LogP contribution in [-0.2, 0) is 28.6 Å². The van der Waals surface area contributed by atoms with Gasteiger partial charge >= 0.3 is 0 Å². The van der Waals surface area contributed by atoms with Gasteiger partial charge in [0.15, 0.2) is 0 Å². The van der Waals surface area contributed by atoms with Crippen molar-refractivity contribution in [3.05, 3.63) is 131 Å². The van der Waals surface area contributed by atoms with Gasteiger partial charge in [-0.3, -0.25) is 8.37 Å². The fraction of sp³-hybridized carbons (Fsp3) is 0.294. The van der Waals surface area contributed by atoms with Crippen LogP contribution in [0.2, 0.25) is 0 Å². The van der Waals surface area contributed by atoms with E-state index >= 15 is 0 Å². The molecule has 0 amide bonds. The van der Waals surface area contributed by atoms with Crippen LogP contribution in [0.5, 0.6) is 0 Å². The molecule has 42 heavy (non-hydrogen) atoms. The van der Waals surface area contributed by atoms with Gasteiger partial charge < -0.3 is 0 Å². The summed E-state index contributed by atoms with van der Waals surface area (Å²) in [5.74, 6) is -0.760. The molecule has 220 valence electrons. The molecular formula is C34H36O6S2. The maximum atomic E-state index is 13.3. The van der Waals surface area contributed by atoms with E-state index in [1.54, 1.807) is 48.5 Å². The highest BCUT2D eigenvalue weighted by atomic mass is 32.2. The summed E-state index contributed by atoms with van der Waals surface area (Å²) in [7, 11) is -8.07. The molecule has 4 aromatic carbocycles. The maximum Gasteiger partial charge on any atom is 0.296 e. The van der Waals surface area contributed by atoms with Crippen LogP contribution in [0.1, 0.15) is 46.9 Å². The van der Waals surface area contributed by atoms with Crippen LogP contribution in [0.25, 0.3) is 0 Å². The van der Waals surface area contributed by atoms with Crippen molar-refractivity contribution in [3.63, 3.8) is 0 Å². The van der Waals surface area contributed by atoms with Gasteiger partial charge in [-0.2, -0.15) is 16.8 Å². The molecular weight excluding hydrogens is 569 g/mol. The molecule has 0 aromatic heterocycles. The van der Waals surface area contributed by atoms with Gasteiger partial charge in [-0.25, -0.2) is 0 Å². The number of aryl methyl sites for hydroxylation is 2. The van der Waals surface area contributed by atoms with Crippen molar-refractivity contribution in [3.8, 4) is 0 Å². The molecule has 8 heteroatoms. The molecule has 0 aliphatic heterocycles. The lowest BCUT2D eigenvalue weighted by Crippen LogP contribution is -2.39. The summed E-state index contributed by atoms with van der Waals surface area (Å²) in [5, 5.41) is 0. The summed E-state index contributed by atoms with van der Waals surface area (Å²) in [4.78, 5) is 0.184. The first-order valence-corrected chi connectivity index (χ1v) is 17.0. The number of benzene rings is 4. The minimum atomic E-state index is -4.04. The third-order valence-corrected chi connectivity index (χ3v) is 10.9. The van der Waals surface area contributed by atoms with Crippen molar-refractivity contribution in [1.29, 1.82) is 0 Å². The zero-order valence-corrected chi connectivity index (χ0v) is 25.4. The van der Waals surface area contributed by atoms with Crippen LogP contribution in [0, 0.1) is 25.7 Å². The van der Waals surface area contributed by atoms with E-state index in [-0.39, 0.29) is 46.7 Å². The Labute approximate surface area is 249 Å². The van der Waals surface area contributed by atoms with Crippen LogP contribution >= 0.6 is 0 Å². The van der Waals surface area contributed by atoms with Gasteiger partial charge in [0, 0.05) is 0 Å². The van der Waals surface area contributed by atoms with Crippen molar-refractivity contribution < 1.29 is 25.2 Å². The summed E-state index contributed by atoms with van der Waals surface area (Å²) in [6.45, 7) is 3.58. The smallest absolute Gasteiger partial charge is 0.266 e. The van der Waals surface area contributed by atoms with Crippen LogP contribution in [0.3, 0.4) is 0 Å². The van der Waals surface area contributed by atoms with E-state index in [9.17, 15) is 16.8 Å². The molecule has 4 atom stereocenters. The monoisotopic (exact) mass is 604 g/mol. The van der Waals surface area contributed by atoms with Crippen LogP contribution in [0.4, 0.5) is 0 Å². The highest BCUT2D eigenvalue weighted by molar-refractivity contribution is 7.87. The van der Waals surface area contributed by atoms with Gasteiger partial charge in [0.05, 0.1) is 23.0 Å². The van der Waals surface area contributed by atoms with Crippen LogP contribution in [0.15, 0.2) is 119 Å². The molecule has 0 spiro atoms. The average Bonchev–Trinajstić information content (AvgIpc) is 3.00. The Morgan fingerprint density at radius 2 is 0.857 bits per heavy atom. The molecule has 6 nitrogen and oxygen atoms in total. The molecule has 0 heterocycles. The molecule has 4 aromatic rings. The Balaban J connectivity index is 1.50. The van der Waals surface area contributed by atoms with E-state index in [4.69, 9.17) is 8.37 Å². The molecule has 1 fully saturated rings. The van der Waals surface area contributed by atoms with E-state index in [0.717, 1.165) is 35.1 Å². The fourth-order valence-electron chi connectivity index (χ4n) is 5.97. The van der Waals surface area contributed by atoms with Crippen molar-refractivity contribution in [1.82, 2.24) is 0 Å². The zero-order chi connectivity index (χ0) is 29.7. The van der Waals surface area contributed by atoms with Crippen molar-refractivity contribution in [2.45, 2.75) is 48.3 Å². The third kappa shape index (κ3) is 7.01. The Morgan fingerprint density at radius 3 is 1.19 bits per heavy atom. The van der Waals surface area contributed by atoms with Gasteiger partial charge in [0.2, 0.25) is 0 Å². The molecule has 5 rings (SSSR count). The SMILES string of the molecule is Cc1ccc(S(=O)(=O)OC[C@@H]2[C@@H](COS(=O)(=O)c3ccc(C)cc3)[C@@H](c3ccccc3)CC[C@@H]2c2ccccc2)cc1. The molecule has 1 aliphatic rings. The highest BCUT2D eigenvalue weighted by Gasteiger charge is 2.42. The topological polar surface area (TPSA) is 86.7 Å². The minimum absolute atomic E-state index is 0.0462. The van der Waals surface area contributed by atoms with Gasteiger partial charge in [0.25, 0.3) is 20.2 Å². The second-order valence-electron chi connectivity index (χ2n) is 11.0. The second kappa shape index (κ2) is 12.9. The molecule has 0 N–H and O–H groups in total. The van der Waals surface area contributed by atoms with Gasteiger partial charge in [-0.1, -0.05) is 96.1 Å². The zero-order valence-electron chi connectivity index (χ0n) is 23.8. The molecule has 1 saturated carbocycles. The van der Waals surface area contributed by atoms with E-state index in [0.29, 0.717) is 0 Å². The standard InChI is InChI=1S/C34H36O6S2/c1-25-13-17-29(18-14-25)41(35,36)39-23-33-31(27-9-5-3-6-10-27)21-22-32(28-11-7-4-8-12-28)34(33)24-40-42(37,38)30-19-15-26(2)16-20-30/h3-20,31-34H,21-24H2,1-2H3/t31-,32-,33+,34+/m1/s1. The molecule has 0 saturated heterocycles. The Bertz CT molecular complexity index is 1540. The number of rotatable bonds is 10. The van der Waals surface area contributed by atoms with Gasteiger partial charge in [0.1, 0.15) is 0 Å². The Kier molecular flexibility index (Phi) is 9.28. The van der Waals surface area contributed by atoms with Crippen LogP contribution < -0.4 is 0 Å². The molecule has 0 unspecified atom stereocenters. The lowest BCUT2D eigenvalue weighted by atomic mass is 9.63. The summed E-state index contributed by atoms with van der Waals surface area (Å²) in [5.41, 5.74) is 4.03. The first-order chi connectivity index (χ1) is 20.1. The Hall–Kier alpha value is -3.30.